The van der Waals surface area contributed by atoms with Crippen LogP contribution >= 0.6 is 22.3 Å². The first-order valence-electron chi connectivity index (χ1n) is 5.76. The highest BCUT2D eigenvalue weighted by Crippen LogP contribution is 2.21. The molecule has 0 saturated carbocycles. The second kappa shape index (κ2) is 5.71. The maximum absolute atomic E-state index is 13.0. The summed E-state index contributed by atoms with van der Waals surface area (Å²) < 4.78 is 37.2. The van der Waals surface area contributed by atoms with Gasteiger partial charge in [0.25, 0.3) is 9.05 Å². The molecule has 0 N–H and O–H groups in total. The molecule has 0 bridgehead atoms. The van der Waals surface area contributed by atoms with E-state index in [0.717, 1.165) is 0 Å². The lowest BCUT2D eigenvalue weighted by atomic mass is 10.2. The zero-order valence-corrected chi connectivity index (χ0v) is 12.8. The molecule has 0 spiro atoms. The molecule has 2 rings (SSSR count). The first-order chi connectivity index (χ1) is 9.31. The van der Waals surface area contributed by atoms with Gasteiger partial charge in [-0.2, -0.15) is 0 Å². The number of aromatic nitrogens is 2. The van der Waals surface area contributed by atoms with Crippen LogP contribution in [0.2, 0.25) is 5.02 Å². The maximum atomic E-state index is 13.0. The fraction of sp³-hybridized carbons (Fsp3) is 0.250. The molecule has 4 nitrogen and oxygen atoms in total. The average Bonchev–Trinajstić information content (AvgIpc) is 2.75. The van der Waals surface area contributed by atoms with Crippen molar-refractivity contribution >= 4 is 31.3 Å². The zero-order valence-electron chi connectivity index (χ0n) is 10.5. The van der Waals surface area contributed by atoms with E-state index < -0.39 is 14.9 Å². The molecule has 0 fully saturated rings. The molecule has 1 aromatic carbocycles. The summed E-state index contributed by atoms with van der Waals surface area (Å²) in [5.74, 6) is 0.133. The average molecular weight is 337 g/mol. The monoisotopic (exact) mass is 336 g/mol. The molecule has 20 heavy (non-hydrogen) atoms. The van der Waals surface area contributed by atoms with Crippen LogP contribution in [0.5, 0.6) is 0 Å². The Hall–Kier alpha value is -1.11. The van der Waals surface area contributed by atoms with E-state index >= 15 is 0 Å². The first-order valence-corrected chi connectivity index (χ1v) is 8.44. The van der Waals surface area contributed by atoms with Crippen LogP contribution in [-0.4, -0.2) is 18.0 Å². The first kappa shape index (κ1) is 15.3. The van der Waals surface area contributed by atoms with Gasteiger partial charge in [-0.1, -0.05) is 24.6 Å². The second-order valence-corrected chi connectivity index (χ2v) is 7.07. The van der Waals surface area contributed by atoms with Crippen molar-refractivity contribution in [3.05, 3.63) is 46.6 Å². The highest BCUT2D eigenvalue weighted by atomic mass is 35.7. The van der Waals surface area contributed by atoms with Gasteiger partial charge in [0.2, 0.25) is 0 Å². The van der Waals surface area contributed by atoms with Crippen LogP contribution in [0.1, 0.15) is 18.3 Å². The van der Waals surface area contributed by atoms with Crippen LogP contribution in [0.3, 0.4) is 0 Å². The van der Waals surface area contributed by atoms with Gasteiger partial charge in [0.1, 0.15) is 11.6 Å². The molecule has 0 aliphatic heterocycles. The van der Waals surface area contributed by atoms with Crippen molar-refractivity contribution < 1.29 is 12.8 Å². The Morgan fingerprint density at radius 3 is 2.65 bits per heavy atom. The molecule has 0 atom stereocenters. The van der Waals surface area contributed by atoms with E-state index in [1.807, 2.05) is 6.92 Å². The van der Waals surface area contributed by atoms with Crippen molar-refractivity contribution in [2.45, 2.75) is 24.9 Å². The molecule has 0 saturated heterocycles. The van der Waals surface area contributed by atoms with Gasteiger partial charge in [0.15, 0.2) is 5.03 Å². The fourth-order valence-electron chi connectivity index (χ4n) is 1.80. The van der Waals surface area contributed by atoms with E-state index in [2.05, 4.69) is 4.98 Å². The third kappa shape index (κ3) is 3.31. The Labute approximate surface area is 125 Å². The van der Waals surface area contributed by atoms with Crippen LogP contribution in [-0.2, 0) is 22.0 Å². The highest BCUT2D eigenvalue weighted by molar-refractivity contribution is 8.13. The highest BCUT2D eigenvalue weighted by Gasteiger charge is 2.17. The lowest BCUT2D eigenvalue weighted by molar-refractivity contribution is 0.606. The van der Waals surface area contributed by atoms with Crippen molar-refractivity contribution in [2.75, 3.05) is 0 Å². The maximum Gasteiger partial charge on any atom is 0.280 e. The van der Waals surface area contributed by atoms with Crippen molar-refractivity contribution in [1.29, 1.82) is 0 Å². The lowest BCUT2D eigenvalue weighted by Gasteiger charge is -2.08. The molecular weight excluding hydrogens is 326 g/mol. The summed E-state index contributed by atoms with van der Waals surface area (Å²) in [5, 5.41) is 0.0743. The Kier molecular flexibility index (Phi) is 4.36. The summed E-state index contributed by atoms with van der Waals surface area (Å²) in [6.07, 6.45) is 1.88. The number of hydrogen-bond acceptors (Lipinski definition) is 3. The van der Waals surface area contributed by atoms with E-state index in [1.54, 1.807) is 10.6 Å². The van der Waals surface area contributed by atoms with E-state index in [1.165, 1.54) is 18.3 Å². The third-order valence-electron chi connectivity index (χ3n) is 2.76. The largest absolute Gasteiger partial charge is 0.329 e. The zero-order chi connectivity index (χ0) is 14.9. The van der Waals surface area contributed by atoms with Crippen LogP contribution in [0.15, 0.2) is 29.4 Å². The molecular formula is C12H11Cl2FN2O2S. The van der Waals surface area contributed by atoms with Gasteiger partial charge >= 0.3 is 0 Å². The topological polar surface area (TPSA) is 52.0 Å². The number of halogens is 3. The minimum Gasteiger partial charge on any atom is -0.329 e. The second-order valence-electron chi connectivity index (χ2n) is 4.15. The van der Waals surface area contributed by atoms with E-state index in [-0.39, 0.29) is 10.0 Å². The van der Waals surface area contributed by atoms with Crippen molar-refractivity contribution in [1.82, 2.24) is 9.55 Å². The SMILES string of the molecule is CCc1nc(S(=O)(=O)Cl)cn1Cc1ccc(F)cc1Cl. The van der Waals surface area contributed by atoms with Gasteiger partial charge in [0, 0.05) is 28.3 Å². The predicted molar refractivity (Wildman–Crippen MR) is 75.2 cm³/mol. The fourth-order valence-corrected chi connectivity index (χ4v) is 2.72. The third-order valence-corrected chi connectivity index (χ3v) is 4.28. The van der Waals surface area contributed by atoms with Gasteiger partial charge < -0.3 is 4.57 Å². The van der Waals surface area contributed by atoms with Crippen LogP contribution in [0, 0.1) is 5.82 Å². The number of rotatable bonds is 4. The van der Waals surface area contributed by atoms with E-state index in [0.29, 0.717) is 24.4 Å². The van der Waals surface area contributed by atoms with Crippen LogP contribution in [0.4, 0.5) is 4.39 Å². The van der Waals surface area contributed by atoms with Crippen molar-refractivity contribution in [3.63, 3.8) is 0 Å². The van der Waals surface area contributed by atoms with Crippen molar-refractivity contribution in [2.24, 2.45) is 0 Å². The molecule has 2 aromatic rings. The normalized spacial score (nSPS) is 11.8. The molecule has 0 amide bonds. The Bertz CT molecular complexity index is 744. The smallest absolute Gasteiger partial charge is 0.280 e. The van der Waals surface area contributed by atoms with Crippen molar-refractivity contribution in [3.8, 4) is 0 Å². The summed E-state index contributed by atoms with van der Waals surface area (Å²) >= 11 is 5.95. The van der Waals surface area contributed by atoms with Gasteiger partial charge in [-0.3, -0.25) is 0 Å². The van der Waals surface area contributed by atoms with E-state index in [4.69, 9.17) is 22.3 Å². The van der Waals surface area contributed by atoms with Gasteiger partial charge in [-0.25, -0.2) is 17.8 Å². The number of nitrogens with zero attached hydrogens (tertiary/aromatic N) is 2. The molecule has 8 heteroatoms. The summed E-state index contributed by atoms with van der Waals surface area (Å²) in [4.78, 5) is 3.97. The predicted octanol–water partition coefficient (Wildman–Crippen LogP) is 3.21. The molecule has 108 valence electrons. The number of hydrogen-bond donors (Lipinski definition) is 0. The standard InChI is InChI=1S/C12H11Cl2FN2O2S/c1-2-11-16-12(20(14,18)19)7-17(11)6-8-3-4-9(15)5-10(8)13/h3-5,7H,2,6H2,1H3. The van der Waals surface area contributed by atoms with Gasteiger partial charge in [-0.05, 0) is 17.7 Å². The minimum atomic E-state index is -3.88. The number of imidazole rings is 1. The van der Waals surface area contributed by atoms with E-state index in [9.17, 15) is 12.8 Å². The number of benzene rings is 1. The number of aryl methyl sites for hydroxylation is 1. The molecule has 0 aliphatic carbocycles. The quantitative estimate of drug-likeness (QED) is 0.805. The van der Waals surface area contributed by atoms with Crippen LogP contribution < -0.4 is 0 Å². The van der Waals surface area contributed by atoms with Gasteiger partial charge in [-0.15, -0.1) is 0 Å². The Morgan fingerprint density at radius 2 is 2.10 bits per heavy atom. The molecule has 0 unspecified atom stereocenters. The Balaban J connectivity index is 2.40. The molecule has 0 aliphatic rings. The summed E-state index contributed by atoms with van der Waals surface area (Å²) in [5.41, 5.74) is 0.665. The summed E-state index contributed by atoms with van der Waals surface area (Å²) in [6, 6.07) is 4.05. The summed E-state index contributed by atoms with van der Waals surface area (Å²) in [6.45, 7) is 2.14. The Morgan fingerprint density at radius 1 is 1.40 bits per heavy atom. The molecule has 0 radical (unpaired) electrons. The summed E-state index contributed by atoms with van der Waals surface area (Å²) in [7, 11) is 1.40. The molecule has 1 aromatic heterocycles. The molecule has 1 heterocycles. The lowest BCUT2D eigenvalue weighted by Crippen LogP contribution is -2.04. The minimum absolute atomic E-state index is 0.200. The van der Waals surface area contributed by atoms with Gasteiger partial charge in [0.05, 0.1) is 6.54 Å². The van der Waals surface area contributed by atoms with Crippen LogP contribution in [0.25, 0.3) is 0 Å².